The number of amides is 1. The quantitative estimate of drug-likeness (QED) is 0.841. The lowest BCUT2D eigenvalue weighted by Gasteiger charge is -2.18. The lowest BCUT2D eigenvalue weighted by molar-refractivity contribution is -0.117. The average molecular weight is 304 g/mol. The molecule has 2 aromatic rings. The summed E-state index contributed by atoms with van der Waals surface area (Å²) in [5.74, 6) is 1.60. The van der Waals surface area contributed by atoms with E-state index in [4.69, 9.17) is 9.26 Å². The Labute approximate surface area is 129 Å². The molecule has 0 atom stereocenters. The summed E-state index contributed by atoms with van der Waals surface area (Å²) in [5, 5.41) is 6.69. The summed E-state index contributed by atoms with van der Waals surface area (Å²) in [5.41, 5.74) is 0.654. The summed E-state index contributed by atoms with van der Waals surface area (Å²) in [6.07, 6.45) is 0. The van der Waals surface area contributed by atoms with Crippen molar-refractivity contribution in [3.63, 3.8) is 0 Å². The van der Waals surface area contributed by atoms with E-state index in [0.29, 0.717) is 36.2 Å². The van der Waals surface area contributed by atoms with Gasteiger partial charge in [-0.25, -0.2) is 0 Å². The number of methoxy groups -OCH3 is 1. The Kier molecular flexibility index (Phi) is 5.48. The highest BCUT2D eigenvalue weighted by Gasteiger charge is 2.14. The number of ether oxygens (including phenoxy) is 1. The lowest BCUT2D eigenvalue weighted by Crippen LogP contribution is -2.33. The van der Waals surface area contributed by atoms with Crippen LogP contribution in [0.15, 0.2) is 28.8 Å². The molecular weight excluding hydrogens is 284 g/mol. The van der Waals surface area contributed by atoms with Gasteiger partial charge in [0, 0.05) is 6.92 Å². The maximum atomic E-state index is 12.2. The molecule has 1 heterocycles. The Balaban J connectivity index is 1.94. The first-order valence-electron chi connectivity index (χ1n) is 7.06. The van der Waals surface area contributed by atoms with Gasteiger partial charge in [0.1, 0.15) is 5.75 Å². The third kappa shape index (κ3) is 4.29. The minimum absolute atomic E-state index is 0.119. The molecule has 0 saturated heterocycles. The zero-order valence-corrected chi connectivity index (χ0v) is 13.0. The minimum atomic E-state index is -0.119. The number of hydrogen-bond acceptors (Lipinski definition) is 6. The van der Waals surface area contributed by atoms with E-state index in [0.717, 1.165) is 0 Å². The summed E-state index contributed by atoms with van der Waals surface area (Å²) < 4.78 is 10.2. The molecule has 1 amide bonds. The van der Waals surface area contributed by atoms with Gasteiger partial charge in [-0.3, -0.25) is 9.69 Å². The predicted octanol–water partition coefficient (Wildman–Crippen LogP) is 1.85. The average Bonchev–Trinajstić information content (AvgIpc) is 2.92. The van der Waals surface area contributed by atoms with Crippen molar-refractivity contribution in [1.82, 2.24) is 15.0 Å². The molecule has 7 nitrogen and oxygen atoms in total. The van der Waals surface area contributed by atoms with Crippen LogP contribution in [0.4, 0.5) is 5.69 Å². The highest BCUT2D eigenvalue weighted by atomic mass is 16.5. The zero-order valence-electron chi connectivity index (χ0n) is 13.0. The molecule has 0 spiro atoms. The maximum Gasteiger partial charge on any atom is 0.238 e. The van der Waals surface area contributed by atoms with Crippen LogP contribution in [0.2, 0.25) is 0 Å². The Morgan fingerprint density at radius 2 is 2.18 bits per heavy atom. The van der Waals surface area contributed by atoms with Crippen LogP contribution in [0.1, 0.15) is 18.6 Å². The molecule has 0 bridgehead atoms. The number of hydrogen-bond donors (Lipinski definition) is 1. The number of anilines is 1. The summed E-state index contributed by atoms with van der Waals surface area (Å²) in [7, 11) is 1.57. The van der Waals surface area contributed by atoms with Crippen molar-refractivity contribution in [1.29, 1.82) is 0 Å². The molecule has 1 aromatic heterocycles. The third-order valence-corrected chi connectivity index (χ3v) is 3.13. The van der Waals surface area contributed by atoms with Crippen molar-refractivity contribution in [2.24, 2.45) is 0 Å². The Hall–Kier alpha value is -2.41. The van der Waals surface area contributed by atoms with E-state index in [9.17, 15) is 4.79 Å². The molecule has 0 unspecified atom stereocenters. The van der Waals surface area contributed by atoms with Gasteiger partial charge < -0.3 is 14.6 Å². The number of aryl methyl sites for hydroxylation is 1. The molecule has 7 heteroatoms. The normalized spacial score (nSPS) is 10.7. The molecule has 2 rings (SSSR count). The number of para-hydroxylation sites is 2. The molecule has 1 aromatic carbocycles. The van der Waals surface area contributed by atoms with E-state index < -0.39 is 0 Å². The van der Waals surface area contributed by atoms with Crippen molar-refractivity contribution < 1.29 is 14.1 Å². The molecule has 0 radical (unpaired) electrons. The SMILES string of the molecule is CCN(CC(=O)Nc1ccccc1OC)Cc1noc(C)n1. The third-order valence-electron chi connectivity index (χ3n) is 3.13. The van der Waals surface area contributed by atoms with Gasteiger partial charge in [-0.05, 0) is 18.7 Å². The molecular formula is C15H20N4O3. The van der Waals surface area contributed by atoms with Gasteiger partial charge in [-0.15, -0.1) is 0 Å². The fourth-order valence-electron chi connectivity index (χ4n) is 2.03. The number of benzene rings is 1. The molecule has 0 aliphatic rings. The number of carbonyl (C=O) groups is 1. The second-order valence-corrected chi connectivity index (χ2v) is 4.78. The zero-order chi connectivity index (χ0) is 15.9. The second-order valence-electron chi connectivity index (χ2n) is 4.78. The highest BCUT2D eigenvalue weighted by Crippen LogP contribution is 2.22. The van der Waals surface area contributed by atoms with Crippen LogP contribution in [0.3, 0.4) is 0 Å². The van der Waals surface area contributed by atoms with Crippen molar-refractivity contribution in [3.05, 3.63) is 36.0 Å². The molecule has 1 N–H and O–H groups in total. The van der Waals surface area contributed by atoms with Crippen molar-refractivity contribution in [3.8, 4) is 5.75 Å². The fraction of sp³-hybridized carbons (Fsp3) is 0.400. The Morgan fingerprint density at radius 3 is 2.82 bits per heavy atom. The number of nitrogens with zero attached hydrogens (tertiary/aromatic N) is 3. The second kappa shape index (κ2) is 7.56. The number of likely N-dealkylation sites (N-methyl/N-ethyl adjacent to an activating group) is 1. The van der Waals surface area contributed by atoms with Crippen molar-refractivity contribution >= 4 is 11.6 Å². The predicted molar refractivity (Wildman–Crippen MR) is 81.6 cm³/mol. The maximum absolute atomic E-state index is 12.2. The lowest BCUT2D eigenvalue weighted by atomic mass is 10.3. The van der Waals surface area contributed by atoms with Crippen LogP contribution in [0.25, 0.3) is 0 Å². The van der Waals surface area contributed by atoms with Crippen LogP contribution in [-0.4, -0.2) is 41.1 Å². The first kappa shape index (κ1) is 16.0. The van der Waals surface area contributed by atoms with Crippen LogP contribution in [0, 0.1) is 6.92 Å². The van der Waals surface area contributed by atoms with Crippen LogP contribution in [-0.2, 0) is 11.3 Å². The molecule has 0 aliphatic carbocycles. The van der Waals surface area contributed by atoms with E-state index in [-0.39, 0.29) is 12.5 Å². The van der Waals surface area contributed by atoms with Gasteiger partial charge in [0.15, 0.2) is 5.82 Å². The topological polar surface area (TPSA) is 80.5 Å². The summed E-state index contributed by atoms with van der Waals surface area (Å²) in [6.45, 7) is 5.12. The van der Waals surface area contributed by atoms with E-state index in [1.165, 1.54) is 0 Å². The minimum Gasteiger partial charge on any atom is -0.495 e. The van der Waals surface area contributed by atoms with E-state index >= 15 is 0 Å². The van der Waals surface area contributed by atoms with Crippen LogP contribution < -0.4 is 10.1 Å². The van der Waals surface area contributed by atoms with Gasteiger partial charge in [-0.2, -0.15) is 4.98 Å². The van der Waals surface area contributed by atoms with Gasteiger partial charge in [0.05, 0.1) is 25.9 Å². The number of carbonyl (C=O) groups excluding carboxylic acids is 1. The smallest absolute Gasteiger partial charge is 0.238 e. The summed E-state index contributed by atoms with van der Waals surface area (Å²) >= 11 is 0. The largest absolute Gasteiger partial charge is 0.495 e. The Morgan fingerprint density at radius 1 is 1.41 bits per heavy atom. The van der Waals surface area contributed by atoms with Gasteiger partial charge in [0.25, 0.3) is 0 Å². The summed E-state index contributed by atoms with van der Waals surface area (Å²) in [6, 6.07) is 7.30. The number of aromatic nitrogens is 2. The molecule has 0 fully saturated rings. The monoisotopic (exact) mass is 304 g/mol. The Bertz CT molecular complexity index is 627. The highest BCUT2D eigenvalue weighted by molar-refractivity contribution is 5.93. The van der Waals surface area contributed by atoms with E-state index in [1.807, 2.05) is 24.0 Å². The summed E-state index contributed by atoms with van der Waals surface area (Å²) in [4.78, 5) is 18.2. The van der Waals surface area contributed by atoms with Crippen molar-refractivity contribution in [2.75, 3.05) is 25.5 Å². The molecule has 0 saturated carbocycles. The van der Waals surface area contributed by atoms with Crippen LogP contribution >= 0.6 is 0 Å². The molecule has 0 aliphatic heterocycles. The van der Waals surface area contributed by atoms with Gasteiger partial charge in [-0.1, -0.05) is 24.2 Å². The van der Waals surface area contributed by atoms with Gasteiger partial charge in [0.2, 0.25) is 11.8 Å². The van der Waals surface area contributed by atoms with E-state index in [2.05, 4.69) is 15.5 Å². The first-order chi connectivity index (χ1) is 10.6. The fourth-order valence-corrected chi connectivity index (χ4v) is 2.03. The molecule has 118 valence electrons. The van der Waals surface area contributed by atoms with Gasteiger partial charge >= 0.3 is 0 Å². The van der Waals surface area contributed by atoms with E-state index in [1.54, 1.807) is 26.2 Å². The number of nitrogens with one attached hydrogen (secondary N) is 1. The molecule has 22 heavy (non-hydrogen) atoms. The number of rotatable bonds is 7. The van der Waals surface area contributed by atoms with Crippen LogP contribution in [0.5, 0.6) is 5.75 Å². The standard InChI is InChI=1S/C15H20N4O3/c1-4-19(9-14-16-11(2)22-18-14)10-15(20)17-12-7-5-6-8-13(12)21-3/h5-8H,4,9-10H2,1-3H3,(H,17,20). The van der Waals surface area contributed by atoms with Crippen molar-refractivity contribution in [2.45, 2.75) is 20.4 Å². The first-order valence-corrected chi connectivity index (χ1v) is 7.06.